The fraction of sp³-hybridized carbons (Fsp3) is 0.481. The number of hydrogen-bond donors (Lipinski definition) is 2. The van der Waals surface area contributed by atoms with E-state index in [1.807, 2.05) is 36.4 Å². The molecule has 3 heterocycles. The van der Waals surface area contributed by atoms with E-state index in [-0.39, 0.29) is 6.04 Å². The van der Waals surface area contributed by atoms with Gasteiger partial charge in [-0.15, -0.1) is 0 Å². The summed E-state index contributed by atoms with van der Waals surface area (Å²) in [6, 6.07) is 15.5. The molecule has 2 saturated heterocycles. The second-order valence-corrected chi connectivity index (χ2v) is 9.54. The van der Waals surface area contributed by atoms with Gasteiger partial charge in [-0.05, 0) is 55.0 Å². The molecule has 0 amide bonds. The van der Waals surface area contributed by atoms with Gasteiger partial charge in [-0.25, -0.2) is 13.2 Å². The van der Waals surface area contributed by atoms with Crippen molar-refractivity contribution in [3.63, 3.8) is 0 Å². The first kappa shape index (κ1) is 24.2. The number of hydrogen-bond acceptors (Lipinski definition) is 4. The molecule has 5 rings (SSSR count). The molecule has 3 N–H and O–H groups in total. The van der Waals surface area contributed by atoms with Crippen molar-refractivity contribution in [1.29, 1.82) is 0 Å². The molecule has 0 aliphatic carbocycles. The molecule has 2 aliphatic rings. The monoisotopic (exact) mass is 486 g/mol. The smallest absolute Gasteiger partial charge is 0.288 e. The van der Waals surface area contributed by atoms with E-state index in [4.69, 9.17) is 10.5 Å². The van der Waals surface area contributed by atoms with Crippen molar-refractivity contribution in [3.8, 4) is 11.3 Å². The van der Waals surface area contributed by atoms with Crippen LogP contribution in [-0.4, -0.2) is 54.3 Å². The Morgan fingerprint density at radius 2 is 1.69 bits per heavy atom. The van der Waals surface area contributed by atoms with Gasteiger partial charge in [0, 0.05) is 56.0 Å². The molecule has 0 saturated carbocycles. The molecule has 0 bridgehead atoms. The van der Waals surface area contributed by atoms with Gasteiger partial charge in [0.25, 0.3) is 6.43 Å². The van der Waals surface area contributed by atoms with Crippen LogP contribution in [0.1, 0.15) is 37.5 Å². The average molecular weight is 487 g/mol. The van der Waals surface area contributed by atoms with Gasteiger partial charge in [0.2, 0.25) is 6.30 Å². The summed E-state index contributed by atoms with van der Waals surface area (Å²) in [5.41, 5.74) is 9.04. The number of nitrogens with two attached hydrogens (primary N) is 1. The van der Waals surface area contributed by atoms with Crippen LogP contribution in [0.25, 0.3) is 22.2 Å². The number of halogens is 3. The Kier molecular flexibility index (Phi) is 7.32. The Bertz CT molecular complexity index is 1120. The Hall–Kier alpha value is -2.55. The van der Waals surface area contributed by atoms with Crippen LogP contribution in [-0.2, 0) is 11.3 Å². The summed E-state index contributed by atoms with van der Waals surface area (Å²) in [6.07, 6.45) is -1.37. The van der Waals surface area contributed by atoms with Crippen molar-refractivity contribution in [2.75, 3.05) is 31.6 Å². The summed E-state index contributed by atoms with van der Waals surface area (Å²) in [7, 11) is 0. The van der Waals surface area contributed by atoms with E-state index in [1.54, 1.807) is 12.1 Å². The standard InChI is InChI=1S/C27H33F3N4O/c28-26(29)27(30)34-24-3-1-2-23(22(24)16-25(34)19-6-4-18(17-31)5-7-19)32-20-8-12-33(13-9-20)21-10-14-35-15-11-21/h1-7,16,20-21,26-27,32H,8-15,17,31H2. The van der Waals surface area contributed by atoms with Crippen LogP contribution in [0.15, 0.2) is 48.5 Å². The molecular weight excluding hydrogens is 453 g/mol. The third-order valence-corrected chi connectivity index (χ3v) is 7.42. The molecule has 1 atom stereocenters. The van der Waals surface area contributed by atoms with E-state index in [2.05, 4.69) is 10.2 Å². The molecule has 0 radical (unpaired) electrons. The lowest BCUT2D eigenvalue weighted by Crippen LogP contribution is -2.46. The zero-order valence-corrected chi connectivity index (χ0v) is 19.8. The number of alkyl halides is 3. The van der Waals surface area contributed by atoms with Crippen molar-refractivity contribution < 1.29 is 17.9 Å². The molecule has 5 nitrogen and oxygen atoms in total. The van der Waals surface area contributed by atoms with Crippen molar-refractivity contribution in [2.45, 2.75) is 57.0 Å². The topological polar surface area (TPSA) is 55.4 Å². The Morgan fingerprint density at radius 1 is 0.971 bits per heavy atom. The predicted octanol–water partition coefficient (Wildman–Crippen LogP) is 5.56. The number of fused-ring (bicyclic) bond motifs is 1. The number of ether oxygens (including phenoxy) is 1. The molecule has 1 unspecified atom stereocenters. The highest BCUT2D eigenvalue weighted by Gasteiger charge is 2.29. The third-order valence-electron chi connectivity index (χ3n) is 7.42. The lowest BCUT2D eigenvalue weighted by Gasteiger charge is -2.39. The van der Waals surface area contributed by atoms with Gasteiger partial charge in [0.1, 0.15) is 0 Å². The van der Waals surface area contributed by atoms with Crippen LogP contribution in [0.2, 0.25) is 0 Å². The van der Waals surface area contributed by atoms with Crippen LogP contribution >= 0.6 is 0 Å². The number of anilines is 1. The maximum Gasteiger partial charge on any atom is 0.288 e. The lowest BCUT2D eigenvalue weighted by molar-refractivity contribution is 0.0115. The summed E-state index contributed by atoms with van der Waals surface area (Å²) in [6.45, 7) is 4.11. The van der Waals surface area contributed by atoms with E-state index in [0.29, 0.717) is 29.4 Å². The number of nitrogens with one attached hydrogen (secondary N) is 1. The van der Waals surface area contributed by atoms with E-state index in [1.165, 1.54) is 0 Å². The van der Waals surface area contributed by atoms with Crippen LogP contribution < -0.4 is 11.1 Å². The number of piperidine rings is 1. The van der Waals surface area contributed by atoms with Crippen molar-refractivity contribution in [2.24, 2.45) is 5.73 Å². The molecule has 188 valence electrons. The molecule has 2 aromatic carbocycles. The highest BCUT2D eigenvalue weighted by molar-refractivity contribution is 5.96. The van der Waals surface area contributed by atoms with Crippen LogP contribution in [0.5, 0.6) is 0 Å². The molecule has 1 aromatic heterocycles. The quantitative estimate of drug-likeness (QED) is 0.459. The van der Waals surface area contributed by atoms with Crippen molar-refractivity contribution in [3.05, 3.63) is 54.1 Å². The van der Waals surface area contributed by atoms with E-state index in [9.17, 15) is 13.2 Å². The highest BCUT2D eigenvalue weighted by atomic mass is 19.3. The minimum Gasteiger partial charge on any atom is -0.382 e. The summed E-state index contributed by atoms with van der Waals surface area (Å²) in [5.74, 6) is 0. The largest absolute Gasteiger partial charge is 0.382 e. The molecule has 0 spiro atoms. The average Bonchev–Trinajstić information content (AvgIpc) is 3.29. The Balaban J connectivity index is 1.41. The summed E-state index contributed by atoms with van der Waals surface area (Å²) >= 11 is 0. The van der Waals surface area contributed by atoms with Gasteiger partial charge >= 0.3 is 0 Å². The fourth-order valence-corrected chi connectivity index (χ4v) is 5.47. The summed E-state index contributed by atoms with van der Waals surface area (Å²) < 4.78 is 48.6. The van der Waals surface area contributed by atoms with E-state index in [0.717, 1.165) is 73.2 Å². The van der Waals surface area contributed by atoms with E-state index >= 15 is 0 Å². The fourth-order valence-electron chi connectivity index (χ4n) is 5.47. The molecular formula is C27H33F3N4O. The van der Waals surface area contributed by atoms with Gasteiger partial charge in [-0.2, -0.15) is 0 Å². The number of likely N-dealkylation sites (tertiary alicyclic amines) is 1. The minimum absolute atomic E-state index is 0.281. The zero-order valence-electron chi connectivity index (χ0n) is 19.8. The van der Waals surface area contributed by atoms with Gasteiger partial charge in [0.15, 0.2) is 0 Å². The first-order chi connectivity index (χ1) is 17.0. The second-order valence-electron chi connectivity index (χ2n) is 9.54. The second kappa shape index (κ2) is 10.6. The zero-order chi connectivity index (χ0) is 24.4. The lowest BCUT2D eigenvalue weighted by atomic mass is 9.99. The van der Waals surface area contributed by atoms with Gasteiger partial charge in [-0.3, -0.25) is 0 Å². The van der Waals surface area contributed by atoms with Crippen molar-refractivity contribution >= 4 is 16.6 Å². The number of nitrogens with zero attached hydrogens (tertiary/aromatic N) is 2. The Morgan fingerprint density at radius 3 is 2.34 bits per heavy atom. The van der Waals surface area contributed by atoms with Gasteiger partial charge in [-0.1, -0.05) is 30.3 Å². The van der Waals surface area contributed by atoms with E-state index < -0.39 is 12.7 Å². The number of aromatic nitrogens is 1. The highest BCUT2D eigenvalue weighted by Crippen LogP contribution is 2.38. The molecule has 2 fully saturated rings. The van der Waals surface area contributed by atoms with Gasteiger partial charge in [0.05, 0.1) is 11.2 Å². The summed E-state index contributed by atoms with van der Waals surface area (Å²) in [4.78, 5) is 2.57. The minimum atomic E-state index is -3.13. The molecule has 2 aliphatic heterocycles. The Labute approximate surface area is 204 Å². The first-order valence-corrected chi connectivity index (χ1v) is 12.5. The van der Waals surface area contributed by atoms with Crippen LogP contribution in [0, 0.1) is 0 Å². The number of benzene rings is 2. The summed E-state index contributed by atoms with van der Waals surface area (Å²) in [5, 5.41) is 4.39. The maximum absolute atomic E-state index is 14.9. The molecule has 3 aromatic rings. The maximum atomic E-state index is 14.9. The van der Waals surface area contributed by atoms with Crippen LogP contribution in [0.4, 0.5) is 18.9 Å². The number of rotatable bonds is 7. The molecule has 8 heteroatoms. The third kappa shape index (κ3) is 5.06. The molecule has 35 heavy (non-hydrogen) atoms. The van der Waals surface area contributed by atoms with Crippen LogP contribution in [0.3, 0.4) is 0 Å². The first-order valence-electron chi connectivity index (χ1n) is 12.5. The normalized spacial score (nSPS) is 19.5. The predicted molar refractivity (Wildman–Crippen MR) is 133 cm³/mol. The van der Waals surface area contributed by atoms with Crippen molar-refractivity contribution in [1.82, 2.24) is 9.47 Å². The van der Waals surface area contributed by atoms with Gasteiger partial charge < -0.3 is 25.3 Å². The SMILES string of the molecule is NCc1ccc(-c2cc3c(NC4CCN(C5CCOCC5)CC4)cccc3n2C(F)C(F)F)cc1.